The van der Waals surface area contributed by atoms with Crippen LogP contribution in [0.4, 0.5) is 0 Å². The molecule has 1 aromatic rings. The second-order valence-electron chi connectivity index (χ2n) is 2.01. The van der Waals surface area contributed by atoms with E-state index in [1.807, 2.05) is 0 Å². The molecule has 0 unspecified atom stereocenters. The summed E-state index contributed by atoms with van der Waals surface area (Å²) in [6.07, 6.45) is 0. The van der Waals surface area contributed by atoms with Crippen molar-refractivity contribution in [2.45, 2.75) is 4.90 Å². The molecule has 0 saturated heterocycles. The van der Waals surface area contributed by atoms with Gasteiger partial charge in [0.2, 0.25) is 0 Å². The first-order valence-electron chi connectivity index (χ1n) is 2.76. The Hall–Kier alpha value is -0.365. The number of hydrogen-bond donors (Lipinski definition) is 2. The fourth-order valence-electron chi connectivity index (χ4n) is 0.673. The summed E-state index contributed by atoms with van der Waals surface area (Å²) in [5.74, 6) is 0. The van der Waals surface area contributed by atoms with Crippen LogP contribution < -0.4 is 10.3 Å². The third-order valence-electron chi connectivity index (χ3n) is 1.22. The molecule has 0 bridgehead atoms. The average Bonchev–Trinajstić information content (AvgIpc) is 2.36. The minimum Gasteiger partial charge on any atom is -0.302 e. The molecule has 4 nitrogen and oxygen atoms in total. The van der Waals surface area contributed by atoms with Crippen molar-refractivity contribution in [1.29, 1.82) is 0 Å². The molecule has 0 radical (unpaired) electrons. The van der Waals surface area contributed by atoms with Gasteiger partial charge in [-0.15, -0.1) is 0 Å². The lowest BCUT2D eigenvalue weighted by molar-refractivity contribution is 0.243. The van der Waals surface area contributed by atoms with E-state index in [9.17, 15) is 8.42 Å². The molecule has 1 rings (SSSR count). The van der Waals surface area contributed by atoms with Gasteiger partial charge in [0, 0.05) is 5.38 Å². The zero-order valence-electron chi connectivity index (χ0n) is 5.73. The number of sulfonamides is 1. The van der Waals surface area contributed by atoms with Crippen molar-refractivity contribution in [2.24, 2.45) is 0 Å². The van der Waals surface area contributed by atoms with E-state index in [1.54, 1.807) is 13.2 Å². The topological polar surface area (TPSA) is 66.4 Å². The summed E-state index contributed by atoms with van der Waals surface area (Å²) in [4.78, 5) is 1.39. The molecule has 0 aliphatic carbocycles. The third kappa shape index (κ3) is 1.62. The third-order valence-corrected chi connectivity index (χ3v) is 3.49. The molecule has 2 N–H and O–H groups in total. The van der Waals surface area contributed by atoms with Crippen molar-refractivity contribution in [2.75, 3.05) is 0 Å². The van der Waals surface area contributed by atoms with Crippen LogP contribution in [0.2, 0.25) is 0 Å². The Labute approximate surface area is 69.3 Å². The summed E-state index contributed by atoms with van der Waals surface area (Å²) in [6, 6.07) is 0. The van der Waals surface area contributed by atoms with Gasteiger partial charge in [0.25, 0.3) is 10.0 Å². The molecule has 0 atom stereocenters. The second kappa shape index (κ2) is 2.94. The number of thiophene rings is 1. The van der Waals surface area contributed by atoms with Gasteiger partial charge in [0.1, 0.15) is 7.85 Å². The van der Waals surface area contributed by atoms with Crippen LogP contribution in [-0.2, 0) is 10.0 Å². The number of rotatable bonds is 2. The van der Waals surface area contributed by atoms with Crippen LogP contribution >= 0.6 is 11.3 Å². The lowest BCUT2D eigenvalue weighted by atomic mass is 10.0. The summed E-state index contributed by atoms with van der Waals surface area (Å²) < 4.78 is 21.9. The Bertz CT molecular complexity index is 344. The van der Waals surface area contributed by atoms with E-state index in [-0.39, 0.29) is 4.90 Å². The fraction of sp³-hybridized carbons (Fsp3) is 0. The van der Waals surface area contributed by atoms with E-state index in [1.165, 1.54) is 21.6 Å². The maximum absolute atomic E-state index is 10.9. The summed E-state index contributed by atoms with van der Waals surface area (Å²) in [5.41, 5.74) is 0.636. The van der Waals surface area contributed by atoms with Crippen LogP contribution in [0.5, 0.6) is 0 Å². The number of nitrogens with one attached hydrogen (secondary N) is 1. The Kier molecular flexibility index (Phi) is 2.33. The van der Waals surface area contributed by atoms with E-state index >= 15 is 0 Å². The van der Waals surface area contributed by atoms with Gasteiger partial charge in [0.05, 0.1) is 4.90 Å². The molecular formula is C4H6BNO3S2. The van der Waals surface area contributed by atoms with E-state index < -0.39 is 10.0 Å². The van der Waals surface area contributed by atoms with Gasteiger partial charge in [0.15, 0.2) is 0 Å². The van der Waals surface area contributed by atoms with Crippen molar-refractivity contribution < 1.29 is 13.6 Å². The van der Waals surface area contributed by atoms with Crippen LogP contribution in [-0.4, -0.2) is 21.5 Å². The van der Waals surface area contributed by atoms with E-state index in [2.05, 4.69) is 0 Å². The minimum atomic E-state index is -3.67. The summed E-state index contributed by atoms with van der Waals surface area (Å²) in [7, 11) is -2.00. The zero-order chi connectivity index (χ0) is 8.48. The molecule has 0 aliphatic rings. The monoisotopic (exact) mass is 191 g/mol. The molecule has 0 amide bonds. The van der Waals surface area contributed by atoms with Gasteiger partial charge in [-0.3, -0.25) is 0 Å². The molecule has 1 aromatic heterocycles. The lowest BCUT2D eigenvalue weighted by Gasteiger charge is -1.97. The summed E-state index contributed by atoms with van der Waals surface area (Å²) in [6.45, 7) is 0. The first-order chi connectivity index (χ1) is 5.08. The molecule has 60 valence electrons. The van der Waals surface area contributed by atoms with E-state index in [4.69, 9.17) is 5.21 Å². The molecular weight excluding hydrogens is 185 g/mol. The van der Waals surface area contributed by atoms with Crippen LogP contribution in [0.1, 0.15) is 0 Å². The first-order valence-corrected chi connectivity index (χ1v) is 5.19. The van der Waals surface area contributed by atoms with Gasteiger partial charge in [-0.1, -0.05) is 10.3 Å². The van der Waals surface area contributed by atoms with Crippen molar-refractivity contribution in [3.63, 3.8) is 0 Å². The largest absolute Gasteiger partial charge is 0.302 e. The molecule has 1 heterocycles. The fourth-order valence-corrected chi connectivity index (χ4v) is 2.71. The Balaban J connectivity index is 3.22. The predicted molar refractivity (Wildman–Crippen MR) is 44.6 cm³/mol. The first kappa shape index (κ1) is 8.73. The van der Waals surface area contributed by atoms with Crippen LogP contribution in [0.3, 0.4) is 0 Å². The Morgan fingerprint density at radius 1 is 1.55 bits per heavy atom. The predicted octanol–water partition coefficient (Wildman–Crippen LogP) is -1.33. The van der Waals surface area contributed by atoms with Crippen molar-refractivity contribution in [3.05, 3.63) is 10.8 Å². The second-order valence-corrected chi connectivity index (χ2v) is 4.39. The SMILES string of the molecule is Bc1cscc1S(=O)(=O)NO. The molecule has 11 heavy (non-hydrogen) atoms. The Morgan fingerprint density at radius 3 is 2.55 bits per heavy atom. The normalized spacial score (nSPS) is 11.7. The highest BCUT2D eigenvalue weighted by Crippen LogP contribution is 2.08. The highest BCUT2D eigenvalue weighted by atomic mass is 32.2. The van der Waals surface area contributed by atoms with E-state index in [0.717, 1.165) is 0 Å². The standard InChI is InChI=1S/C4H6BNO3S2/c5-3-1-10-2-4(3)11(8,9)6-7/h1-2,6-7H,5H2. The summed E-state index contributed by atoms with van der Waals surface area (Å²) >= 11 is 1.28. The van der Waals surface area contributed by atoms with Gasteiger partial charge >= 0.3 is 0 Å². The van der Waals surface area contributed by atoms with Crippen molar-refractivity contribution >= 4 is 34.7 Å². The van der Waals surface area contributed by atoms with E-state index in [0.29, 0.717) is 5.46 Å². The van der Waals surface area contributed by atoms with Gasteiger partial charge < -0.3 is 5.21 Å². The average molecular weight is 191 g/mol. The molecule has 0 spiro atoms. The van der Waals surface area contributed by atoms with Crippen LogP contribution in [0, 0.1) is 0 Å². The lowest BCUT2D eigenvalue weighted by Crippen LogP contribution is -2.24. The number of hydrogen-bond acceptors (Lipinski definition) is 4. The minimum absolute atomic E-state index is 0.130. The van der Waals surface area contributed by atoms with Crippen LogP contribution in [0.15, 0.2) is 15.7 Å². The van der Waals surface area contributed by atoms with Gasteiger partial charge in [-0.2, -0.15) is 11.3 Å². The highest BCUT2D eigenvalue weighted by Gasteiger charge is 2.15. The maximum Gasteiger partial charge on any atom is 0.262 e. The molecule has 0 fully saturated rings. The zero-order valence-corrected chi connectivity index (χ0v) is 7.37. The molecule has 0 aromatic carbocycles. The quantitative estimate of drug-likeness (QED) is 0.449. The molecule has 0 aliphatic heterocycles. The Morgan fingerprint density at radius 2 is 2.18 bits per heavy atom. The summed E-state index contributed by atoms with van der Waals surface area (Å²) in [5, 5.41) is 11.4. The van der Waals surface area contributed by atoms with Crippen LogP contribution in [0.25, 0.3) is 0 Å². The van der Waals surface area contributed by atoms with Gasteiger partial charge in [-0.05, 0) is 5.38 Å². The van der Waals surface area contributed by atoms with Gasteiger partial charge in [-0.25, -0.2) is 8.42 Å². The maximum atomic E-state index is 10.9. The highest BCUT2D eigenvalue weighted by molar-refractivity contribution is 7.89. The molecule has 0 saturated carbocycles. The van der Waals surface area contributed by atoms with Crippen molar-refractivity contribution in [1.82, 2.24) is 4.89 Å². The molecule has 7 heteroatoms. The van der Waals surface area contributed by atoms with Crippen molar-refractivity contribution in [3.8, 4) is 0 Å². The smallest absolute Gasteiger partial charge is 0.262 e.